The Morgan fingerprint density at radius 1 is 0.917 bits per heavy atom. The first-order chi connectivity index (χ1) is 28.8. The number of rotatable bonds is 13. The molecule has 2 aromatic heterocycles. The van der Waals surface area contributed by atoms with E-state index in [9.17, 15) is 14.4 Å². The first-order valence-corrected chi connectivity index (χ1v) is 21.7. The smallest absolute Gasteiger partial charge is 0.358 e. The Morgan fingerprint density at radius 3 is 2.43 bits per heavy atom. The highest BCUT2D eigenvalue weighted by Gasteiger charge is 2.31. The van der Waals surface area contributed by atoms with Gasteiger partial charge in [-0.2, -0.15) is 0 Å². The minimum absolute atomic E-state index is 0.173. The summed E-state index contributed by atoms with van der Waals surface area (Å²) in [6, 6.07) is 24.0. The second-order valence-corrected chi connectivity index (χ2v) is 17.7. The molecular formula is C47H56N6O6S. The number of nitrogens with one attached hydrogen (secondary N) is 1. The minimum Gasteiger partial charge on any atom is -0.493 e. The average molecular weight is 833 g/mol. The lowest BCUT2D eigenvalue weighted by atomic mass is 9.94. The quantitative estimate of drug-likeness (QED) is 0.0913. The third-order valence-electron chi connectivity index (χ3n) is 11.1. The topological polar surface area (TPSA) is 126 Å². The van der Waals surface area contributed by atoms with Crippen LogP contribution in [0.5, 0.6) is 5.75 Å². The van der Waals surface area contributed by atoms with Crippen molar-refractivity contribution >= 4 is 50.3 Å². The van der Waals surface area contributed by atoms with Crippen molar-refractivity contribution in [3.8, 4) is 16.9 Å². The number of fused-ring (bicyclic) bond motifs is 2. The lowest BCUT2D eigenvalue weighted by Gasteiger charge is -2.44. The molecule has 2 aliphatic heterocycles. The number of thiazole rings is 1. The Morgan fingerprint density at radius 2 is 1.68 bits per heavy atom. The van der Waals surface area contributed by atoms with E-state index in [1.807, 2.05) is 101 Å². The number of esters is 2. The van der Waals surface area contributed by atoms with Crippen molar-refractivity contribution in [2.24, 2.45) is 0 Å². The van der Waals surface area contributed by atoms with E-state index in [0.29, 0.717) is 73.4 Å². The van der Waals surface area contributed by atoms with E-state index in [4.69, 9.17) is 19.2 Å². The van der Waals surface area contributed by atoms with Crippen LogP contribution in [-0.4, -0.2) is 101 Å². The van der Waals surface area contributed by atoms with Crippen LogP contribution in [0.1, 0.15) is 85.5 Å². The Bertz CT molecular complexity index is 2310. The van der Waals surface area contributed by atoms with Gasteiger partial charge in [0.1, 0.15) is 17.2 Å². The van der Waals surface area contributed by atoms with Gasteiger partial charge in [0.05, 0.1) is 30.0 Å². The molecule has 5 aromatic rings. The molecular weight excluding hydrogens is 777 g/mol. The van der Waals surface area contributed by atoms with Crippen LogP contribution >= 0.6 is 11.3 Å². The third-order valence-corrected chi connectivity index (χ3v) is 12.0. The predicted molar refractivity (Wildman–Crippen MR) is 237 cm³/mol. The van der Waals surface area contributed by atoms with Crippen molar-refractivity contribution in [1.29, 1.82) is 0 Å². The number of nitrogens with zero attached hydrogens (tertiary/aromatic N) is 5. The molecule has 3 aromatic carbocycles. The van der Waals surface area contributed by atoms with Crippen LogP contribution in [0.15, 0.2) is 72.8 Å². The third kappa shape index (κ3) is 9.97. The number of aromatic nitrogens is 2. The normalized spacial score (nSPS) is 17.3. The molecule has 2 aliphatic rings. The van der Waals surface area contributed by atoms with Gasteiger partial charge in [-0.1, -0.05) is 47.7 Å². The van der Waals surface area contributed by atoms with Gasteiger partial charge in [-0.05, 0) is 120 Å². The van der Waals surface area contributed by atoms with E-state index in [1.165, 1.54) is 11.3 Å². The summed E-state index contributed by atoms with van der Waals surface area (Å²) < 4.78 is 18.5. The number of hydrogen-bond acceptors (Lipinski definition) is 12. The number of piperazine rings is 1. The van der Waals surface area contributed by atoms with E-state index in [1.54, 1.807) is 0 Å². The lowest BCUT2D eigenvalue weighted by molar-refractivity contribution is -0.145. The molecule has 13 heteroatoms. The molecule has 0 bridgehead atoms. The van der Waals surface area contributed by atoms with E-state index >= 15 is 0 Å². The first kappa shape index (κ1) is 42.7. The molecule has 2 atom stereocenters. The number of para-hydroxylation sites is 1. The fraction of sp³-hybridized carbons (Fsp3) is 0.426. The molecule has 1 N–H and O–H groups in total. The van der Waals surface area contributed by atoms with Gasteiger partial charge >= 0.3 is 11.9 Å². The van der Waals surface area contributed by atoms with Crippen LogP contribution in [0.2, 0.25) is 0 Å². The Hall–Kier alpha value is -5.37. The number of ether oxygens (including phenoxy) is 3. The van der Waals surface area contributed by atoms with Crippen molar-refractivity contribution in [3.05, 3.63) is 101 Å². The molecule has 7 rings (SSSR count). The Labute approximate surface area is 356 Å². The maximum Gasteiger partial charge on any atom is 0.358 e. The van der Waals surface area contributed by atoms with Gasteiger partial charge in [0, 0.05) is 55.9 Å². The van der Waals surface area contributed by atoms with E-state index < -0.39 is 11.6 Å². The Kier molecular flexibility index (Phi) is 13.2. The molecule has 0 unspecified atom stereocenters. The number of carbonyl (C=O) groups is 3. The fourth-order valence-electron chi connectivity index (χ4n) is 8.32. The molecule has 316 valence electrons. The van der Waals surface area contributed by atoms with Crippen molar-refractivity contribution in [1.82, 2.24) is 19.8 Å². The van der Waals surface area contributed by atoms with Crippen molar-refractivity contribution in [2.75, 3.05) is 56.2 Å². The molecule has 0 saturated carbocycles. The van der Waals surface area contributed by atoms with Crippen molar-refractivity contribution in [3.63, 3.8) is 0 Å². The molecule has 60 heavy (non-hydrogen) atoms. The van der Waals surface area contributed by atoms with Gasteiger partial charge in [0.15, 0.2) is 10.8 Å². The predicted octanol–water partition coefficient (Wildman–Crippen LogP) is 8.16. The lowest BCUT2D eigenvalue weighted by Crippen LogP contribution is -2.57. The number of pyridine rings is 1. The molecule has 0 radical (unpaired) electrons. The summed E-state index contributed by atoms with van der Waals surface area (Å²) in [5.74, 6) is 0.480. The second kappa shape index (κ2) is 18.5. The largest absolute Gasteiger partial charge is 0.493 e. The second-order valence-electron chi connectivity index (χ2n) is 16.7. The molecule has 0 aliphatic carbocycles. The van der Waals surface area contributed by atoms with Gasteiger partial charge in [-0.3, -0.25) is 24.7 Å². The molecule has 1 saturated heterocycles. The van der Waals surface area contributed by atoms with Crippen molar-refractivity contribution < 1.29 is 28.6 Å². The summed E-state index contributed by atoms with van der Waals surface area (Å²) in [5.41, 5.74) is 5.36. The summed E-state index contributed by atoms with van der Waals surface area (Å²) in [6.07, 6.45) is 1.55. The molecule has 4 heterocycles. The number of carbonyl (C=O) groups excluding carboxylic acids is 3. The molecule has 1 fully saturated rings. The van der Waals surface area contributed by atoms with Gasteiger partial charge < -0.3 is 19.1 Å². The zero-order valence-corrected chi connectivity index (χ0v) is 36.6. The Balaban J connectivity index is 1.07. The number of anilines is 2. The molecule has 0 spiro atoms. The molecule has 1 amide bonds. The van der Waals surface area contributed by atoms with Gasteiger partial charge in [-0.25, -0.2) is 14.8 Å². The molecule has 12 nitrogen and oxygen atoms in total. The zero-order valence-electron chi connectivity index (χ0n) is 35.7. The summed E-state index contributed by atoms with van der Waals surface area (Å²) in [6.45, 7) is 18.7. The fourth-order valence-corrected chi connectivity index (χ4v) is 9.18. The van der Waals surface area contributed by atoms with E-state index in [0.717, 1.165) is 64.3 Å². The van der Waals surface area contributed by atoms with Gasteiger partial charge in [-0.15, -0.1) is 0 Å². The minimum atomic E-state index is -0.732. The van der Waals surface area contributed by atoms with Gasteiger partial charge in [0.2, 0.25) is 0 Å². The highest BCUT2D eigenvalue weighted by atomic mass is 32.1. The number of hydrogen-bond donors (Lipinski definition) is 1. The van der Waals surface area contributed by atoms with Crippen LogP contribution in [0.4, 0.5) is 10.9 Å². The zero-order chi connectivity index (χ0) is 42.6. The van der Waals surface area contributed by atoms with Crippen LogP contribution < -0.4 is 15.0 Å². The summed E-state index contributed by atoms with van der Waals surface area (Å²) in [7, 11) is 0. The van der Waals surface area contributed by atoms with E-state index in [-0.39, 0.29) is 17.6 Å². The average Bonchev–Trinajstić information content (AvgIpc) is 3.62. The van der Waals surface area contributed by atoms with Crippen LogP contribution in [-0.2, 0) is 27.2 Å². The first-order valence-electron chi connectivity index (χ1n) is 20.9. The van der Waals surface area contributed by atoms with Crippen LogP contribution in [0, 0.1) is 6.92 Å². The standard InChI is InChI=1S/C47H56N6O6S/c1-8-57-42(54)29-51-26-30(2)53(31(3)27-51)23-13-25-58-39-18-12-15-34(32(39)4)35-20-21-41(49-43(35)45(56)59-47(5,6)7)52-24-22-33-14-11-16-36(37(33)28-52)44(55)50-46-48-38-17-9-10-19-40(38)60-46/h9-12,14-21,30-31H,8,13,22-29H2,1-7H3,(H,48,50,55)/t30-,31+. The van der Waals surface area contributed by atoms with E-state index in [2.05, 4.69) is 44.9 Å². The van der Waals surface area contributed by atoms with Crippen molar-refractivity contribution in [2.45, 2.75) is 85.5 Å². The monoisotopic (exact) mass is 832 g/mol. The highest BCUT2D eigenvalue weighted by Crippen LogP contribution is 2.35. The summed E-state index contributed by atoms with van der Waals surface area (Å²) in [4.78, 5) is 56.1. The number of benzene rings is 3. The summed E-state index contributed by atoms with van der Waals surface area (Å²) in [5, 5.41) is 3.58. The maximum atomic E-state index is 14.0. The summed E-state index contributed by atoms with van der Waals surface area (Å²) >= 11 is 1.45. The van der Waals surface area contributed by atoms with Gasteiger partial charge in [0.25, 0.3) is 5.91 Å². The SMILES string of the molecule is CCOC(=O)CN1C[C@@H](C)N(CCCOc2cccc(-c3ccc(N4CCc5cccc(C(=O)Nc6nc7ccccc7s6)c5C4)nc3C(=O)OC(C)(C)C)c2C)[C@@H](C)C1. The highest BCUT2D eigenvalue weighted by molar-refractivity contribution is 7.22. The van der Waals surface area contributed by atoms with Crippen LogP contribution in [0.25, 0.3) is 21.3 Å². The maximum absolute atomic E-state index is 14.0. The van der Waals surface area contributed by atoms with Crippen LogP contribution in [0.3, 0.4) is 0 Å². The number of amides is 1.